The molecule has 0 saturated heterocycles. The van der Waals surface area contributed by atoms with E-state index in [0.29, 0.717) is 23.7 Å². The first-order chi connectivity index (χ1) is 18.4. The fraction of sp³-hybridized carbons (Fsp3) is 0.233. The lowest BCUT2D eigenvalue weighted by molar-refractivity contribution is 0.0697. The number of imidazole rings is 1. The van der Waals surface area contributed by atoms with Gasteiger partial charge in [-0.25, -0.2) is 9.78 Å². The number of rotatable bonds is 7. The van der Waals surface area contributed by atoms with E-state index in [0.717, 1.165) is 54.0 Å². The number of aromatic nitrogens is 3. The van der Waals surface area contributed by atoms with Crippen molar-refractivity contribution < 1.29 is 19.5 Å². The van der Waals surface area contributed by atoms with Crippen LogP contribution in [-0.2, 0) is 13.1 Å². The predicted octanol–water partition coefficient (Wildman–Crippen LogP) is 4.52. The maximum atomic E-state index is 11.0. The van der Waals surface area contributed by atoms with Gasteiger partial charge in [-0.3, -0.25) is 4.90 Å². The Balaban J connectivity index is 1.16. The summed E-state index contributed by atoms with van der Waals surface area (Å²) in [4.78, 5) is 17.5. The minimum Gasteiger partial charge on any atom is -0.478 e. The highest BCUT2D eigenvalue weighted by Crippen LogP contribution is 2.22. The molecule has 1 aliphatic heterocycles. The quantitative estimate of drug-likeness (QED) is 0.354. The van der Waals surface area contributed by atoms with Gasteiger partial charge in [0.1, 0.15) is 17.6 Å². The fourth-order valence-corrected chi connectivity index (χ4v) is 4.37. The van der Waals surface area contributed by atoms with Gasteiger partial charge in [0.2, 0.25) is 0 Å². The van der Waals surface area contributed by atoms with Crippen molar-refractivity contribution in [1.29, 1.82) is 0 Å². The van der Waals surface area contributed by atoms with Crippen LogP contribution in [-0.4, -0.2) is 48.9 Å². The Hall–Kier alpha value is -4.45. The zero-order chi connectivity index (χ0) is 26.5. The van der Waals surface area contributed by atoms with Crippen molar-refractivity contribution >= 4 is 5.97 Å². The van der Waals surface area contributed by atoms with Gasteiger partial charge in [-0.05, 0) is 55.3 Å². The van der Waals surface area contributed by atoms with E-state index < -0.39 is 12.1 Å². The molecule has 1 atom stereocenters. The molecule has 1 aliphatic rings. The van der Waals surface area contributed by atoms with E-state index in [-0.39, 0.29) is 0 Å². The molecule has 8 heteroatoms. The molecule has 0 saturated carbocycles. The minimum atomic E-state index is -0.906. The predicted molar refractivity (Wildman–Crippen MR) is 142 cm³/mol. The molecular weight excluding hydrogens is 480 g/mol. The van der Waals surface area contributed by atoms with E-state index >= 15 is 0 Å². The number of aliphatic hydroxyl groups is 1. The van der Waals surface area contributed by atoms with Crippen LogP contribution in [0.1, 0.15) is 52.5 Å². The summed E-state index contributed by atoms with van der Waals surface area (Å²) in [5, 5.41) is 23.0. The molecule has 0 radical (unpaired) electrons. The van der Waals surface area contributed by atoms with Crippen LogP contribution in [0.4, 0.5) is 0 Å². The Morgan fingerprint density at radius 3 is 2.58 bits per heavy atom. The average molecular weight is 509 g/mol. The highest BCUT2D eigenvalue weighted by molar-refractivity contribution is 5.87. The number of hydrogen-bond donors (Lipinski definition) is 2. The van der Waals surface area contributed by atoms with Crippen molar-refractivity contribution in [2.75, 3.05) is 13.1 Å². The second kappa shape index (κ2) is 11.3. The van der Waals surface area contributed by atoms with Gasteiger partial charge in [0.05, 0.1) is 12.1 Å². The van der Waals surface area contributed by atoms with Gasteiger partial charge in [0.25, 0.3) is 0 Å². The third-order valence-corrected chi connectivity index (χ3v) is 6.45. The summed E-state index contributed by atoms with van der Waals surface area (Å²) < 4.78 is 7.39. The maximum absolute atomic E-state index is 11.0. The summed E-state index contributed by atoms with van der Waals surface area (Å²) in [6.07, 6.45) is 5.86. The lowest BCUT2D eigenvalue weighted by Gasteiger charge is -2.24. The maximum Gasteiger partial charge on any atom is 0.335 e. The van der Waals surface area contributed by atoms with E-state index in [2.05, 4.69) is 33.0 Å². The molecule has 0 aliphatic carbocycles. The van der Waals surface area contributed by atoms with Crippen molar-refractivity contribution in [2.24, 2.45) is 0 Å². The van der Waals surface area contributed by atoms with Crippen LogP contribution in [0.15, 0.2) is 83.2 Å². The average Bonchev–Trinajstić information content (AvgIpc) is 3.59. The first kappa shape index (κ1) is 25.2. The number of carboxylic acid groups (broad SMARTS) is 1. The first-order valence-electron chi connectivity index (χ1n) is 12.5. The lowest BCUT2D eigenvalue weighted by atomic mass is 10.1. The molecule has 38 heavy (non-hydrogen) atoms. The number of nitrogens with zero attached hydrogens (tertiary/aromatic N) is 4. The second-order valence-corrected chi connectivity index (χ2v) is 9.32. The number of carbonyl (C=O) groups is 1. The molecule has 3 heterocycles. The second-order valence-electron chi connectivity index (χ2n) is 9.32. The SMILES string of the molecule is C[C@H](O)c1nccn1Cc1cc(-c2ccc(C#CC3=CCN(Cc4ccc(C(=O)O)cc4)CC3)cc2)on1. The molecule has 0 bridgehead atoms. The van der Waals surface area contributed by atoms with Crippen LogP contribution in [0.2, 0.25) is 0 Å². The summed E-state index contributed by atoms with van der Waals surface area (Å²) in [6, 6.07) is 16.8. The number of aliphatic hydroxyl groups excluding tert-OH is 1. The van der Waals surface area contributed by atoms with Crippen LogP contribution >= 0.6 is 0 Å². The van der Waals surface area contributed by atoms with E-state index in [1.165, 1.54) is 0 Å². The Kier molecular flexibility index (Phi) is 7.50. The lowest BCUT2D eigenvalue weighted by Crippen LogP contribution is -2.28. The third-order valence-electron chi connectivity index (χ3n) is 6.45. The number of hydrogen-bond acceptors (Lipinski definition) is 6. The van der Waals surface area contributed by atoms with Crippen molar-refractivity contribution in [3.05, 3.63) is 107 Å². The molecule has 0 spiro atoms. The highest BCUT2D eigenvalue weighted by Gasteiger charge is 2.13. The van der Waals surface area contributed by atoms with Gasteiger partial charge < -0.3 is 19.3 Å². The van der Waals surface area contributed by atoms with Gasteiger partial charge in [0.15, 0.2) is 5.76 Å². The monoisotopic (exact) mass is 508 g/mol. The first-order valence-corrected chi connectivity index (χ1v) is 12.5. The normalized spacial score (nSPS) is 14.4. The van der Waals surface area contributed by atoms with Gasteiger partial charge in [0, 0.05) is 54.8 Å². The fourth-order valence-electron chi connectivity index (χ4n) is 4.37. The third kappa shape index (κ3) is 6.09. The summed E-state index contributed by atoms with van der Waals surface area (Å²) in [7, 11) is 0. The molecular formula is C30H28N4O4. The molecule has 8 nitrogen and oxygen atoms in total. The van der Waals surface area contributed by atoms with Crippen molar-refractivity contribution in [2.45, 2.75) is 32.5 Å². The smallest absolute Gasteiger partial charge is 0.335 e. The standard InChI is InChI=1S/C30H28N4O4/c1-21(35)29-31-14-17-34(29)20-27-18-28(38-32-27)25-8-4-22(5-9-25)2-3-23-12-15-33(16-13-23)19-24-6-10-26(11-7-24)30(36)37/h4-12,14,17-18,21,35H,13,15-16,19-20H2,1H3,(H,36,37)/t21-/m0/s1. The highest BCUT2D eigenvalue weighted by atomic mass is 16.5. The van der Waals surface area contributed by atoms with Gasteiger partial charge in [-0.2, -0.15) is 0 Å². The van der Waals surface area contributed by atoms with Crippen LogP contribution < -0.4 is 0 Å². The van der Waals surface area contributed by atoms with Gasteiger partial charge in [-0.1, -0.05) is 35.2 Å². The van der Waals surface area contributed by atoms with Crippen LogP contribution in [0.25, 0.3) is 11.3 Å². The van der Waals surface area contributed by atoms with E-state index in [4.69, 9.17) is 9.63 Å². The summed E-state index contributed by atoms with van der Waals surface area (Å²) >= 11 is 0. The summed E-state index contributed by atoms with van der Waals surface area (Å²) in [5.41, 5.74) is 5.13. The molecule has 0 amide bonds. The Bertz CT molecular complexity index is 1500. The number of benzene rings is 2. The number of carboxylic acids is 1. The van der Waals surface area contributed by atoms with Crippen LogP contribution in [0, 0.1) is 11.8 Å². The summed E-state index contributed by atoms with van der Waals surface area (Å²) in [5.74, 6) is 6.91. The molecule has 5 rings (SSSR count). The van der Waals surface area contributed by atoms with Crippen molar-refractivity contribution in [3.8, 4) is 23.2 Å². The summed E-state index contributed by atoms with van der Waals surface area (Å²) in [6.45, 7) is 4.66. The molecule has 2 aromatic heterocycles. The molecule has 192 valence electrons. The number of aromatic carboxylic acids is 1. The largest absolute Gasteiger partial charge is 0.478 e. The van der Waals surface area contributed by atoms with Crippen molar-refractivity contribution in [1.82, 2.24) is 19.6 Å². The Labute approximate surface area is 220 Å². The Morgan fingerprint density at radius 1 is 1.11 bits per heavy atom. The minimum absolute atomic E-state index is 0.307. The van der Waals surface area contributed by atoms with E-state index in [1.807, 2.05) is 53.2 Å². The molecule has 2 N–H and O–H groups in total. The Morgan fingerprint density at radius 2 is 1.89 bits per heavy atom. The molecule has 4 aromatic rings. The van der Waals surface area contributed by atoms with E-state index in [9.17, 15) is 9.90 Å². The molecule has 0 fully saturated rings. The zero-order valence-corrected chi connectivity index (χ0v) is 21.0. The molecule has 0 unspecified atom stereocenters. The van der Waals surface area contributed by atoms with Crippen LogP contribution in [0.5, 0.6) is 0 Å². The topological polar surface area (TPSA) is 105 Å². The van der Waals surface area contributed by atoms with Gasteiger partial charge in [-0.15, -0.1) is 0 Å². The zero-order valence-electron chi connectivity index (χ0n) is 21.0. The van der Waals surface area contributed by atoms with Gasteiger partial charge >= 0.3 is 5.97 Å². The molecule has 2 aromatic carbocycles. The van der Waals surface area contributed by atoms with E-state index in [1.54, 1.807) is 25.3 Å². The van der Waals surface area contributed by atoms with Crippen molar-refractivity contribution in [3.63, 3.8) is 0 Å². The van der Waals surface area contributed by atoms with Crippen LogP contribution in [0.3, 0.4) is 0 Å².